The third kappa shape index (κ3) is 4.56. The van der Waals surface area contributed by atoms with Crippen LogP contribution in [0.1, 0.15) is 18.3 Å². The van der Waals surface area contributed by atoms with Crippen molar-refractivity contribution in [1.29, 1.82) is 0 Å². The molecule has 0 radical (unpaired) electrons. The molecule has 4 N–H and O–H groups in total. The summed E-state index contributed by atoms with van der Waals surface area (Å²) in [6.07, 6.45) is 8.79. The van der Waals surface area contributed by atoms with Gasteiger partial charge in [-0.25, -0.2) is 23.9 Å². The monoisotopic (exact) mass is 455 g/mol. The van der Waals surface area contributed by atoms with Crippen LogP contribution in [0.5, 0.6) is 0 Å². The summed E-state index contributed by atoms with van der Waals surface area (Å²) < 4.78 is 15.8. The van der Waals surface area contributed by atoms with Gasteiger partial charge in [0.1, 0.15) is 17.3 Å². The van der Waals surface area contributed by atoms with Crippen LogP contribution in [0.3, 0.4) is 0 Å². The van der Waals surface area contributed by atoms with Gasteiger partial charge in [0.05, 0.1) is 11.2 Å². The molecule has 0 spiro atoms. The number of fused-ring (bicyclic) bond motifs is 1. The largest absolute Gasteiger partial charge is 0.382 e. The van der Waals surface area contributed by atoms with Crippen LogP contribution in [-0.2, 0) is 6.42 Å². The molecule has 34 heavy (non-hydrogen) atoms. The van der Waals surface area contributed by atoms with E-state index in [4.69, 9.17) is 11.5 Å². The van der Waals surface area contributed by atoms with E-state index >= 15 is 0 Å². The molecule has 10 heteroatoms. The third-order valence-corrected chi connectivity index (χ3v) is 4.87. The second kappa shape index (κ2) is 9.82. The summed E-state index contributed by atoms with van der Waals surface area (Å²) in [4.78, 5) is 13.4. The Hall–Kier alpha value is -4.73. The predicted molar refractivity (Wildman–Crippen MR) is 130 cm³/mol. The fourth-order valence-corrected chi connectivity index (χ4v) is 3.23. The SMILES string of the molecule is C=C/C(=C\C=C/C)N=Nc1c(N)nc(-c2nc(Cc3ccccc3F)n3ncccc23)nc1N. The predicted octanol–water partition coefficient (Wildman–Crippen LogP) is 4.81. The first-order valence-corrected chi connectivity index (χ1v) is 10.4. The van der Waals surface area contributed by atoms with Gasteiger partial charge < -0.3 is 11.5 Å². The lowest BCUT2D eigenvalue weighted by molar-refractivity contribution is 0.611. The number of halogens is 1. The molecule has 1 aromatic carbocycles. The molecule has 4 rings (SSSR count). The maximum absolute atomic E-state index is 14.2. The van der Waals surface area contributed by atoms with E-state index in [1.807, 2.05) is 19.1 Å². The lowest BCUT2D eigenvalue weighted by Gasteiger charge is -2.05. The molecule has 0 aliphatic carbocycles. The number of nitrogen functional groups attached to an aromatic ring is 2. The van der Waals surface area contributed by atoms with Crippen LogP contribution in [0.2, 0.25) is 0 Å². The summed E-state index contributed by atoms with van der Waals surface area (Å²) in [5.74, 6) is 0.485. The van der Waals surface area contributed by atoms with E-state index in [1.54, 1.807) is 53.2 Å². The highest BCUT2D eigenvalue weighted by Crippen LogP contribution is 2.31. The molecule has 9 nitrogen and oxygen atoms in total. The topological polar surface area (TPSA) is 133 Å². The minimum absolute atomic E-state index is 0.0430. The average Bonchev–Trinajstić information content (AvgIpc) is 3.20. The van der Waals surface area contributed by atoms with E-state index < -0.39 is 0 Å². The lowest BCUT2D eigenvalue weighted by atomic mass is 10.1. The van der Waals surface area contributed by atoms with Crippen LogP contribution in [0.25, 0.3) is 17.0 Å². The van der Waals surface area contributed by atoms with Crippen LogP contribution in [0.4, 0.5) is 21.7 Å². The van der Waals surface area contributed by atoms with E-state index in [0.717, 1.165) is 0 Å². The average molecular weight is 456 g/mol. The molecule has 3 heterocycles. The Morgan fingerprint density at radius 2 is 1.88 bits per heavy atom. The minimum Gasteiger partial charge on any atom is -0.382 e. The van der Waals surface area contributed by atoms with Gasteiger partial charge in [-0.3, -0.25) is 0 Å². The zero-order valence-electron chi connectivity index (χ0n) is 18.4. The van der Waals surface area contributed by atoms with Gasteiger partial charge in [-0.1, -0.05) is 36.9 Å². The van der Waals surface area contributed by atoms with E-state index in [-0.39, 0.29) is 35.4 Å². The Balaban J connectivity index is 1.75. The fourth-order valence-electron chi connectivity index (χ4n) is 3.23. The maximum Gasteiger partial charge on any atom is 0.184 e. The Morgan fingerprint density at radius 3 is 2.59 bits per heavy atom. The molecular weight excluding hydrogens is 433 g/mol. The van der Waals surface area contributed by atoms with Crippen molar-refractivity contribution in [2.75, 3.05) is 11.5 Å². The van der Waals surface area contributed by atoms with Crippen molar-refractivity contribution < 1.29 is 4.39 Å². The molecule has 0 atom stereocenters. The molecule has 0 saturated carbocycles. The zero-order valence-corrected chi connectivity index (χ0v) is 18.4. The van der Waals surface area contributed by atoms with Crippen molar-refractivity contribution in [3.05, 3.63) is 96.4 Å². The highest BCUT2D eigenvalue weighted by atomic mass is 19.1. The van der Waals surface area contributed by atoms with Crippen LogP contribution in [-0.4, -0.2) is 24.6 Å². The van der Waals surface area contributed by atoms with Gasteiger partial charge in [-0.2, -0.15) is 10.2 Å². The molecule has 170 valence electrons. The second-order valence-electron chi connectivity index (χ2n) is 7.15. The van der Waals surface area contributed by atoms with Crippen LogP contribution in [0.15, 0.2) is 89.4 Å². The van der Waals surface area contributed by atoms with Crippen molar-refractivity contribution in [1.82, 2.24) is 24.6 Å². The Bertz CT molecular complexity index is 1430. The molecule has 3 aromatic heterocycles. The summed E-state index contributed by atoms with van der Waals surface area (Å²) in [5, 5.41) is 12.5. The number of aromatic nitrogens is 5. The molecule has 0 amide bonds. The summed E-state index contributed by atoms with van der Waals surface area (Å²) in [6, 6.07) is 10.1. The molecule has 0 aliphatic rings. The van der Waals surface area contributed by atoms with Crippen LogP contribution >= 0.6 is 0 Å². The van der Waals surface area contributed by atoms with Gasteiger partial charge in [-0.05, 0) is 42.8 Å². The van der Waals surface area contributed by atoms with Gasteiger partial charge in [0, 0.05) is 12.6 Å². The number of anilines is 2. The van der Waals surface area contributed by atoms with Crippen LogP contribution in [0, 0.1) is 5.82 Å². The van der Waals surface area contributed by atoms with E-state index in [2.05, 4.69) is 36.9 Å². The molecule has 0 aliphatic heterocycles. The Labute approximate surface area is 195 Å². The summed E-state index contributed by atoms with van der Waals surface area (Å²) >= 11 is 0. The van der Waals surface area contributed by atoms with Gasteiger partial charge >= 0.3 is 0 Å². The normalized spacial score (nSPS) is 12.2. The minimum atomic E-state index is -0.321. The van der Waals surface area contributed by atoms with Gasteiger partial charge in [0.25, 0.3) is 0 Å². The number of hydrogen-bond acceptors (Lipinski definition) is 8. The molecular formula is C24H22FN9. The first kappa shape index (κ1) is 22.5. The number of nitrogens with zero attached hydrogens (tertiary/aromatic N) is 7. The van der Waals surface area contributed by atoms with Gasteiger partial charge in [0.2, 0.25) is 0 Å². The van der Waals surface area contributed by atoms with Crippen molar-refractivity contribution in [2.45, 2.75) is 13.3 Å². The highest BCUT2D eigenvalue weighted by Gasteiger charge is 2.19. The molecule has 0 saturated heterocycles. The maximum atomic E-state index is 14.2. The first-order chi connectivity index (χ1) is 16.5. The third-order valence-electron chi connectivity index (χ3n) is 4.87. The van der Waals surface area contributed by atoms with Crippen molar-refractivity contribution in [2.24, 2.45) is 10.2 Å². The van der Waals surface area contributed by atoms with Crippen molar-refractivity contribution in [3.63, 3.8) is 0 Å². The number of rotatable bonds is 7. The van der Waals surface area contributed by atoms with Crippen molar-refractivity contribution >= 4 is 22.8 Å². The van der Waals surface area contributed by atoms with Gasteiger partial charge in [0.15, 0.2) is 23.1 Å². The zero-order chi connectivity index (χ0) is 24.1. The standard InChI is InChI=1S/C24H22FN9/c1-3-5-10-16(4-2)32-33-21-22(26)30-24(31-23(21)27)20-18-12-8-13-28-34(18)19(29-20)14-15-9-6-7-11-17(15)25/h3-13H,2,14H2,1H3,(H4,26,27,30,31)/b5-3-,16-10+,33-32?. The second-order valence-corrected chi connectivity index (χ2v) is 7.15. The van der Waals surface area contributed by atoms with Gasteiger partial charge in [-0.15, -0.1) is 5.11 Å². The molecule has 4 aromatic rings. The number of azo groups is 1. The number of hydrogen-bond donors (Lipinski definition) is 2. The molecule has 0 bridgehead atoms. The summed E-state index contributed by atoms with van der Waals surface area (Å²) in [6.45, 7) is 5.58. The van der Waals surface area contributed by atoms with E-state index in [9.17, 15) is 4.39 Å². The summed E-state index contributed by atoms with van der Waals surface area (Å²) in [5.41, 5.74) is 14.5. The molecule has 0 unspecified atom stereocenters. The molecule has 0 fully saturated rings. The highest BCUT2D eigenvalue weighted by molar-refractivity contribution is 5.78. The lowest BCUT2D eigenvalue weighted by Crippen LogP contribution is -2.02. The number of benzene rings is 1. The van der Waals surface area contributed by atoms with Crippen LogP contribution < -0.4 is 11.5 Å². The van der Waals surface area contributed by atoms with E-state index in [1.165, 1.54) is 6.07 Å². The number of imidazole rings is 1. The number of allylic oxidation sites excluding steroid dienone is 4. The number of nitrogens with two attached hydrogens (primary N) is 2. The Kier molecular flexibility index (Phi) is 6.49. The first-order valence-electron chi connectivity index (χ1n) is 10.4. The summed E-state index contributed by atoms with van der Waals surface area (Å²) in [7, 11) is 0. The smallest absolute Gasteiger partial charge is 0.184 e. The fraction of sp³-hybridized carbons (Fsp3) is 0.0833. The quantitative estimate of drug-likeness (QED) is 0.303. The Morgan fingerprint density at radius 1 is 1.12 bits per heavy atom. The van der Waals surface area contributed by atoms with Crippen molar-refractivity contribution in [3.8, 4) is 11.5 Å². The van der Waals surface area contributed by atoms with E-state index in [0.29, 0.717) is 28.3 Å².